The summed E-state index contributed by atoms with van der Waals surface area (Å²) in [4.78, 5) is 7.97. The second-order valence-electron chi connectivity index (χ2n) is 4.47. The minimum atomic E-state index is -0.348. The van der Waals surface area contributed by atoms with Crippen LogP contribution in [-0.4, -0.2) is 16.4 Å². The van der Waals surface area contributed by atoms with Crippen molar-refractivity contribution in [3.8, 4) is 0 Å². The molecule has 0 radical (unpaired) electrons. The number of aliphatic imine (C=N–C) groups is 1. The first-order valence-corrected chi connectivity index (χ1v) is 5.50. The molecular formula is C12H16ClN3O. The zero-order chi connectivity index (χ0) is 13.1. The van der Waals surface area contributed by atoms with Crippen LogP contribution in [0.2, 0.25) is 5.15 Å². The molecule has 0 saturated heterocycles. The van der Waals surface area contributed by atoms with Gasteiger partial charge in [-0.3, -0.25) is 0 Å². The van der Waals surface area contributed by atoms with Crippen LogP contribution in [0, 0.1) is 0 Å². The lowest BCUT2D eigenvalue weighted by molar-refractivity contribution is 0.0521. The van der Waals surface area contributed by atoms with Crippen LogP contribution in [0.15, 0.2) is 35.8 Å². The first-order chi connectivity index (χ1) is 7.78. The van der Waals surface area contributed by atoms with Crippen LogP contribution in [0.5, 0.6) is 0 Å². The first-order valence-electron chi connectivity index (χ1n) is 5.12. The lowest BCUT2D eigenvalue weighted by Gasteiger charge is -2.20. The SMILES string of the molecule is C=C(/N=C(\N)c1ccc(Cl)nc1)OC(C)(C)C. The third-order valence-corrected chi connectivity index (χ3v) is 1.92. The molecule has 5 heteroatoms. The van der Waals surface area contributed by atoms with Gasteiger partial charge in [0.05, 0.1) is 0 Å². The van der Waals surface area contributed by atoms with Gasteiger partial charge in [0.2, 0.25) is 5.88 Å². The highest BCUT2D eigenvalue weighted by atomic mass is 35.5. The van der Waals surface area contributed by atoms with E-state index >= 15 is 0 Å². The van der Waals surface area contributed by atoms with Gasteiger partial charge >= 0.3 is 0 Å². The number of aromatic nitrogens is 1. The standard InChI is InChI=1S/C12H16ClN3O/c1-8(17-12(2,3)4)16-11(14)9-5-6-10(13)15-7-9/h5-7H,1H2,2-4H3,(H2,14,16). The summed E-state index contributed by atoms with van der Waals surface area (Å²) in [5.74, 6) is 0.563. The van der Waals surface area contributed by atoms with Gasteiger partial charge < -0.3 is 10.5 Å². The van der Waals surface area contributed by atoms with Crippen LogP contribution in [0.1, 0.15) is 26.3 Å². The molecule has 0 aliphatic rings. The van der Waals surface area contributed by atoms with Crippen LogP contribution in [0.4, 0.5) is 0 Å². The Bertz CT molecular complexity index is 432. The van der Waals surface area contributed by atoms with E-state index in [1.54, 1.807) is 18.3 Å². The molecule has 1 aromatic rings. The van der Waals surface area contributed by atoms with Crippen LogP contribution >= 0.6 is 11.6 Å². The van der Waals surface area contributed by atoms with Crippen molar-refractivity contribution in [2.45, 2.75) is 26.4 Å². The summed E-state index contributed by atoms with van der Waals surface area (Å²) in [5, 5.41) is 0.409. The van der Waals surface area contributed by atoms with Crippen molar-refractivity contribution in [3.05, 3.63) is 41.5 Å². The molecular weight excluding hydrogens is 238 g/mol. The maximum absolute atomic E-state index is 5.79. The molecule has 1 aromatic heterocycles. The number of hydrogen-bond donors (Lipinski definition) is 1. The minimum Gasteiger partial charge on any atom is -0.472 e. The van der Waals surface area contributed by atoms with E-state index in [1.165, 1.54) is 0 Å². The molecule has 0 aromatic carbocycles. The molecule has 0 bridgehead atoms. The monoisotopic (exact) mass is 253 g/mol. The Labute approximate surface area is 106 Å². The van der Waals surface area contributed by atoms with E-state index in [0.717, 1.165) is 0 Å². The van der Waals surface area contributed by atoms with Gasteiger partial charge in [0.15, 0.2) is 0 Å². The topological polar surface area (TPSA) is 60.5 Å². The Morgan fingerprint density at radius 2 is 2.12 bits per heavy atom. The first kappa shape index (κ1) is 13.5. The highest BCUT2D eigenvalue weighted by Crippen LogP contribution is 2.13. The summed E-state index contributed by atoms with van der Waals surface area (Å²) in [5.41, 5.74) is 6.12. The summed E-state index contributed by atoms with van der Waals surface area (Å²) in [7, 11) is 0. The van der Waals surface area contributed by atoms with Crippen molar-refractivity contribution in [2.24, 2.45) is 10.7 Å². The number of hydrogen-bond acceptors (Lipinski definition) is 3. The van der Waals surface area contributed by atoms with Gasteiger partial charge in [-0.05, 0) is 39.5 Å². The molecule has 1 rings (SSSR count). The predicted octanol–water partition coefficient (Wildman–Crippen LogP) is 2.73. The Morgan fingerprint density at radius 1 is 1.47 bits per heavy atom. The third kappa shape index (κ3) is 4.87. The Kier molecular flexibility index (Phi) is 4.12. The molecule has 0 unspecified atom stereocenters. The number of ether oxygens (including phenoxy) is 1. The van der Waals surface area contributed by atoms with Crippen LogP contribution in [-0.2, 0) is 4.74 Å². The van der Waals surface area contributed by atoms with Crippen molar-refractivity contribution in [3.63, 3.8) is 0 Å². The molecule has 17 heavy (non-hydrogen) atoms. The van der Waals surface area contributed by atoms with E-state index in [0.29, 0.717) is 16.6 Å². The lowest BCUT2D eigenvalue weighted by Crippen LogP contribution is -2.20. The van der Waals surface area contributed by atoms with Gasteiger partial charge in [-0.2, -0.15) is 4.99 Å². The van der Waals surface area contributed by atoms with Gasteiger partial charge in [0, 0.05) is 11.8 Å². The molecule has 0 atom stereocenters. The predicted molar refractivity (Wildman–Crippen MR) is 69.9 cm³/mol. The second-order valence-corrected chi connectivity index (χ2v) is 4.86. The molecule has 0 amide bonds. The smallest absolute Gasteiger partial charge is 0.208 e. The van der Waals surface area contributed by atoms with Crippen molar-refractivity contribution >= 4 is 17.4 Å². The van der Waals surface area contributed by atoms with E-state index in [4.69, 9.17) is 22.1 Å². The zero-order valence-corrected chi connectivity index (χ0v) is 11.0. The maximum atomic E-state index is 5.79. The normalized spacial score (nSPS) is 12.4. The molecule has 1 heterocycles. The number of nitrogens with two attached hydrogens (primary N) is 1. The van der Waals surface area contributed by atoms with Gasteiger partial charge in [-0.1, -0.05) is 11.6 Å². The number of halogens is 1. The Morgan fingerprint density at radius 3 is 2.59 bits per heavy atom. The van der Waals surface area contributed by atoms with Crippen molar-refractivity contribution < 1.29 is 4.74 Å². The zero-order valence-electron chi connectivity index (χ0n) is 10.2. The highest BCUT2D eigenvalue weighted by molar-refractivity contribution is 6.29. The van der Waals surface area contributed by atoms with E-state index in [1.807, 2.05) is 20.8 Å². The van der Waals surface area contributed by atoms with E-state index in [-0.39, 0.29) is 11.5 Å². The van der Waals surface area contributed by atoms with E-state index in [9.17, 15) is 0 Å². The van der Waals surface area contributed by atoms with E-state index in [2.05, 4.69) is 16.6 Å². The summed E-state index contributed by atoms with van der Waals surface area (Å²) < 4.78 is 5.45. The summed E-state index contributed by atoms with van der Waals surface area (Å²) >= 11 is 5.68. The Hall–Kier alpha value is -1.55. The van der Waals surface area contributed by atoms with Gasteiger partial charge in [-0.15, -0.1) is 0 Å². The lowest BCUT2D eigenvalue weighted by atomic mass is 10.2. The van der Waals surface area contributed by atoms with Crippen LogP contribution < -0.4 is 5.73 Å². The molecule has 0 aliphatic heterocycles. The number of pyridine rings is 1. The Balaban J connectivity index is 2.79. The van der Waals surface area contributed by atoms with Crippen molar-refractivity contribution in [1.82, 2.24) is 4.98 Å². The van der Waals surface area contributed by atoms with Crippen LogP contribution in [0.25, 0.3) is 0 Å². The molecule has 0 fully saturated rings. The van der Waals surface area contributed by atoms with Crippen molar-refractivity contribution in [2.75, 3.05) is 0 Å². The summed E-state index contributed by atoms with van der Waals surface area (Å²) in [6.45, 7) is 9.42. The van der Waals surface area contributed by atoms with Gasteiger partial charge in [-0.25, -0.2) is 4.98 Å². The van der Waals surface area contributed by atoms with E-state index < -0.39 is 0 Å². The average molecular weight is 254 g/mol. The minimum absolute atomic E-state index is 0.268. The molecule has 0 saturated carbocycles. The third-order valence-electron chi connectivity index (χ3n) is 1.69. The van der Waals surface area contributed by atoms with Crippen molar-refractivity contribution in [1.29, 1.82) is 0 Å². The van der Waals surface area contributed by atoms with Gasteiger partial charge in [0.1, 0.15) is 16.6 Å². The largest absolute Gasteiger partial charge is 0.472 e. The van der Waals surface area contributed by atoms with Gasteiger partial charge in [0.25, 0.3) is 0 Å². The fraction of sp³-hybridized carbons (Fsp3) is 0.333. The van der Waals surface area contributed by atoms with Crippen LogP contribution in [0.3, 0.4) is 0 Å². The summed E-state index contributed by atoms with van der Waals surface area (Å²) in [6.07, 6.45) is 1.55. The molecule has 92 valence electrons. The fourth-order valence-electron chi connectivity index (χ4n) is 1.10. The highest BCUT2D eigenvalue weighted by Gasteiger charge is 2.12. The number of nitrogens with zero attached hydrogens (tertiary/aromatic N) is 2. The maximum Gasteiger partial charge on any atom is 0.208 e. The average Bonchev–Trinajstić information content (AvgIpc) is 2.15. The molecule has 4 nitrogen and oxygen atoms in total. The summed E-state index contributed by atoms with van der Waals surface area (Å²) in [6, 6.07) is 3.38. The number of rotatable bonds is 3. The molecule has 0 aliphatic carbocycles. The second kappa shape index (κ2) is 5.19. The quantitative estimate of drug-likeness (QED) is 0.390. The number of amidine groups is 1. The molecule has 2 N–H and O–H groups in total. The molecule has 0 spiro atoms. The fourth-order valence-corrected chi connectivity index (χ4v) is 1.21.